The van der Waals surface area contributed by atoms with Crippen molar-refractivity contribution >= 4 is 34.1 Å². The van der Waals surface area contributed by atoms with Crippen LogP contribution in [0.3, 0.4) is 0 Å². The molecular weight excluding hydrogens is 402 g/mol. The zero-order chi connectivity index (χ0) is 21.7. The lowest BCUT2D eigenvalue weighted by molar-refractivity contribution is -0.117. The molecule has 1 heterocycles. The molecule has 1 aliphatic rings. The number of aryl methyl sites for hydroxylation is 1. The number of thiophene rings is 1. The summed E-state index contributed by atoms with van der Waals surface area (Å²) in [7, 11) is 4.81. The molecule has 2 aromatic rings. The van der Waals surface area contributed by atoms with E-state index in [0.717, 1.165) is 36.8 Å². The number of esters is 1. The fraction of sp³-hybridized carbons (Fsp3) is 0.409. The van der Waals surface area contributed by atoms with Crippen LogP contribution in [0.15, 0.2) is 24.3 Å². The van der Waals surface area contributed by atoms with Gasteiger partial charge in [-0.3, -0.25) is 14.5 Å². The molecule has 7 nitrogen and oxygen atoms in total. The number of likely N-dealkylation sites (N-methyl/N-ethyl adjacent to an activating group) is 1. The highest BCUT2D eigenvalue weighted by atomic mass is 32.1. The number of benzene rings is 1. The standard InChI is InChI=1S/C22H27N3O4S/c1-23-20(27)15-10-8-14(9-11-15)12-25(2)13-18(26)24-21-19(22(28)29-3)16-6-4-5-7-17(16)30-21/h8-11H,4-7,12-13H2,1-3H3,(H,23,27)(H,24,26). The molecule has 0 aliphatic heterocycles. The van der Waals surface area contributed by atoms with Gasteiger partial charge in [0.1, 0.15) is 5.00 Å². The Morgan fingerprint density at radius 2 is 1.83 bits per heavy atom. The number of hydrogen-bond acceptors (Lipinski definition) is 6. The molecule has 0 atom stereocenters. The van der Waals surface area contributed by atoms with Gasteiger partial charge in [0.2, 0.25) is 5.91 Å². The molecule has 3 rings (SSSR count). The Morgan fingerprint density at radius 1 is 1.13 bits per heavy atom. The fourth-order valence-corrected chi connectivity index (χ4v) is 4.95. The minimum absolute atomic E-state index is 0.130. The minimum atomic E-state index is -0.394. The van der Waals surface area contributed by atoms with Crippen LogP contribution in [0.5, 0.6) is 0 Å². The summed E-state index contributed by atoms with van der Waals surface area (Å²) in [4.78, 5) is 39.6. The second-order valence-corrected chi connectivity index (χ2v) is 8.51. The molecule has 1 aliphatic carbocycles. The number of amides is 2. The van der Waals surface area contributed by atoms with Gasteiger partial charge in [-0.25, -0.2) is 4.79 Å². The van der Waals surface area contributed by atoms with Crippen molar-refractivity contribution in [1.29, 1.82) is 0 Å². The van der Waals surface area contributed by atoms with Gasteiger partial charge >= 0.3 is 5.97 Å². The van der Waals surface area contributed by atoms with Crippen LogP contribution in [-0.4, -0.2) is 50.4 Å². The molecule has 0 saturated carbocycles. The summed E-state index contributed by atoms with van der Waals surface area (Å²) >= 11 is 1.48. The van der Waals surface area contributed by atoms with Crippen molar-refractivity contribution in [3.05, 3.63) is 51.4 Å². The number of hydrogen-bond donors (Lipinski definition) is 2. The highest BCUT2D eigenvalue weighted by molar-refractivity contribution is 7.17. The highest BCUT2D eigenvalue weighted by Crippen LogP contribution is 2.38. The maximum Gasteiger partial charge on any atom is 0.341 e. The van der Waals surface area contributed by atoms with Gasteiger partial charge in [0.25, 0.3) is 5.91 Å². The van der Waals surface area contributed by atoms with Gasteiger partial charge in [-0.1, -0.05) is 12.1 Å². The lowest BCUT2D eigenvalue weighted by Crippen LogP contribution is -2.30. The molecule has 1 aromatic heterocycles. The Labute approximate surface area is 180 Å². The molecule has 160 valence electrons. The predicted octanol–water partition coefficient (Wildman–Crippen LogP) is 2.84. The van der Waals surface area contributed by atoms with Crippen molar-refractivity contribution in [2.24, 2.45) is 0 Å². The predicted molar refractivity (Wildman–Crippen MR) is 117 cm³/mol. The van der Waals surface area contributed by atoms with Crippen LogP contribution < -0.4 is 10.6 Å². The lowest BCUT2D eigenvalue weighted by atomic mass is 9.95. The third-order valence-corrected chi connectivity index (χ3v) is 6.33. The molecule has 2 amide bonds. The van der Waals surface area contributed by atoms with Crippen molar-refractivity contribution in [3.63, 3.8) is 0 Å². The summed E-state index contributed by atoms with van der Waals surface area (Å²) < 4.78 is 4.96. The van der Waals surface area contributed by atoms with E-state index in [2.05, 4.69) is 10.6 Å². The SMILES string of the molecule is CNC(=O)c1ccc(CN(C)CC(=O)Nc2sc3c(c2C(=O)OC)CCCC3)cc1. The van der Waals surface area contributed by atoms with E-state index in [4.69, 9.17) is 4.74 Å². The van der Waals surface area contributed by atoms with E-state index < -0.39 is 5.97 Å². The van der Waals surface area contributed by atoms with Gasteiger partial charge in [0, 0.05) is 24.0 Å². The summed E-state index contributed by atoms with van der Waals surface area (Å²) in [6.45, 7) is 0.743. The smallest absolute Gasteiger partial charge is 0.341 e. The first kappa shape index (κ1) is 22.0. The molecule has 0 saturated heterocycles. The largest absolute Gasteiger partial charge is 0.465 e. The summed E-state index contributed by atoms with van der Waals surface area (Å²) in [6, 6.07) is 7.28. The summed E-state index contributed by atoms with van der Waals surface area (Å²) in [6.07, 6.45) is 3.93. The van der Waals surface area contributed by atoms with E-state index in [9.17, 15) is 14.4 Å². The molecule has 0 radical (unpaired) electrons. The van der Waals surface area contributed by atoms with E-state index in [0.29, 0.717) is 22.7 Å². The average Bonchev–Trinajstić information content (AvgIpc) is 3.10. The van der Waals surface area contributed by atoms with E-state index >= 15 is 0 Å². The number of anilines is 1. The zero-order valence-corrected chi connectivity index (χ0v) is 18.4. The van der Waals surface area contributed by atoms with Gasteiger partial charge < -0.3 is 15.4 Å². The van der Waals surface area contributed by atoms with E-state index in [1.165, 1.54) is 23.3 Å². The Balaban J connectivity index is 1.63. The second-order valence-electron chi connectivity index (χ2n) is 7.40. The maximum atomic E-state index is 12.6. The number of rotatable bonds is 7. The first-order chi connectivity index (χ1) is 14.4. The molecule has 2 N–H and O–H groups in total. The molecule has 8 heteroatoms. The van der Waals surface area contributed by atoms with E-state index in [-0.39, 0.29) is 18.4 Å². The number of nitrogens with one attached hydrogen (secondary N) is 2. The van der Waals surface area contributed by atoms with Crippen LogP contribution >= 0.6 is 11.3 Å². The topological polar surface area (TPSA) is 87.7 Å². The summed E-state index contributed by atoms with van der Waals surface area (Å²) in [5.74, 6) is -0.702. The van der Waals surface area contributed by atoms with Crippen LogP contribution in [0.4, 0.5) is 5.00 Å². The Kier molecular flexibility index (Phi) is 7.23. The minimum Gasteiger partial charge on any atom is -0.465 e. The quantitative estimate of drug-likeness (QED) is 0.661. The van der Waals surface area contributed by atoms with Crippen molar-refractivity contribution in [1.82, 2.24) is 10.2 Å². The third kappa shape index (κ3) is 5.06. The number of carbonyl (C=O) groups is 3. The summed E-state index contributed by atoms with van der Waals surface area (Å²) in [5, 5.41) is 6.09. The molecule has 0 spiro atoms. The monoisotopic (exact) mass is 429 g/mol. The van der Waals surface area contributed by atoms with Crippen LogP contribution in [-0.2, 0) is 28.9 Å². The van der Waals surface area contributed by atoms with Crippen LogP contribution in [0.1, 0.15) is 49.6 Å². The first-order valence-corrected chi connectivity index (χ1v) is 10.8. The number of carbonyl (C=O) groups excluding carboxylic acids is 3. The number of fused-ring (bicyclic) bond motifs is 1. The summed E-state index contributed by atoms with van der Waals surface area (Å²) in [5.41, 5.74) is 3.13. The average molecular weight is 430 g/mol. The first-order valence-electron chi connectivity index (χ1n) is 9.95. The molecule has 30 heavy (non-hydrogen) atoms. The molecule has 1 aromatic carbocycles. The number of ether oxygens (including phenoxy) is 1. The van der Waals surface area contributed by atoms with Crippen LogP contribution in [0.2, 0.25) is 0 Å². The van der Waals surface area contributed by atoms with Crippen LogP contribution in [0.25, 0.3) is 0 Å². The molecule has 0 fully saturated rings. The van der Waals surface area contributed by atoms with Gasteiger partial charge in [-0.15, -0.1) is 11.3 Å². The molecule has 0 unspecified atom stereocenters. The van der Waals surface area contributed by atoms with Crippen molar-refractivity contribution in [2.75, 3.05) is 33.1 Å². The Bertz CT molecular complexity index is 937. The fourth-order valence-electron chi connectivity index (χ4n) is 3.66. The number of nitrogens with zero attached hydrogens (tertiary/aromatic N) is 1. The lowest BCUT2D eigenvalue weighted by Gasteiger charge is -2.16. The normalized spacial score (nSPS) is 12.9. The Hall–Kier alpha value is -2.71. The zero-order valence-electron chi connectivity index (χ0n) is 17.5. The van der Waals surface area contributed by atoms with E-state index in [1.807, 2.05) is 24.1 Å². The van der Waals surface area contributed by atoms with Crippen LogP contribution in [0, 0.1) is 0 Å². The van der Waals surface area contributed by atoms with Crippen molar-refractivity contribution < 1.29 is 19.1 Å². The van der Waals surface area contributed by atoms with Crippen molar-refractivity contribution in [3.8, 4) is 0 Å². The van der Waals surface area contributed by atoms with E-state index in [1.54, 1.807) is 19.2 Å². The van der Waals surface area contributed by atoms with Crippen molar-refractivity contribution in [2.45, 2.75) is 32.2 Å². The van der Waals surface area contributed by atoms with Gasteiger partial charge in [0.15, 0.2) is 0 Å². The molecular formula is C22H27N3O4S. The third-order valence-electron chi connectivity index (χ3n) is 5.12. The highest BCUT2D eigenvalue weighted by Gasteiger charge is 2.27. The number of methoxy groups -OCH3 is 1. The second kappa shape index (κ2) is 9.86. The Morgan fingerprint density at radius 3 is 2.50 bits per heavy atom. The van der Waals surface area contributed by atoms with Gasteiger partial charge in [0.05, 0.1) is 19.2 Å². The van der Waals surface area contributed by atoms with Gasteiger partial charge in [-0.05, 0) is 56.0 Å². The molecule has 0 bridgehead atoms. The van der Waals surface area contributed by atoms with Gasteiger partial charge in [-0.2, -0.15) is 0 Å². The maximum absolute atomic E-state index is 12.6.